The predicted molar refractivity (Wildman–Crippen MR) is 89.6 cm³/mol. The summed E-state index contributed by atoms with van der Waals surface area (Å²) in [6, 6.07) is 0.869. The van der Waals surface area contributed by atoms with Crippen LogP contribution >= 0.6 is 11.8 Å². The zero-order valence-corrected chi connectivity index (χ0v) is 14.1. The summed E-state index contributed by atoms with van der Waals surface area (Å²) in [5, 5.41) is 0. The second-order valence-corrected chi connectivity index (χ2v) is 8.50. The van der Waals surface area contributed by atoms with Gasteiger partial charge in [-0.2, -0.15) is 11.8 Å². The molecule has 2 saturated heterocycles. The Kier molecular flexibility index (Phi) is 5.33. The Labute approximate surface area is 129 Å². The fraction of sp³-hybridized carbons (Fsp3) is 1.00. The van der Waals surface area contributed by atoms with Crippen LogP contribution in [0.3, 0.4) is 0 Å². The van der Waals surface area contributed by atoms with E-state index in [1.165, 1.54) is 90.5 Å². The molecular formula is C17H32N2S. The molecule has 3 heteroatoms. The van der Waals surface area contributed by atoms with Gasteiger partial charge in [-0.05, 0) is 58.0 Å². The lowest BCUT2D eigenvalue weighted by Gasteiger charge is -2.41. The van der Waals surface area contributed by atoms with E-state index in [1.54, 1.807) is 0 Å². The first-order valence-electron chi connectivity index (χ1n) is 8.83. The van der Waals surface area contributed by atoms with Crippen LogP contribution in [0.1, 0.15) is 57.8 Å². The number of rotatable bonds is 3. The van der Waals surface area contributed by atoms with Crippen LogP contribution in [0, 0.1) is 0 Å². The quantitative estimate of drug-likeness (QED) is 0.785. The summed E-state index contributed by atoms with van der Waals surface area (Å²) in [5.74, 6) is 0. The van der Waals surface area contributed by atoms with Gasteiger partial charge in [-0.15, -0.1) is 0 Å². The molecule has 3 rings (SSSR count). The maximum atomic E-state index is 2.83. The summed E-state index contributed by atoms with van der Waals surface area (Å²) in [5.41, 5.74) is 0. The van der Waals surface area contributed by atoms with Gasteiger partial charge in [0.1, 0.15) is 0 Å². The fourth-order valence-corrected chi connectivity index (χ4v) is 5.63. The maximum Gasteiger partial charge on any atom is 0.0284 e. The molecule has 2 aliphatic heterocycles. The molecule has 0 aromatic carbocycles. The third-order valence-electron chi connectivity index (χ3n) is 5.85. The first kappa shape index (κ1) is 15.2. The zero-order valence-electron chi connectivity index (χ0n) is 13.3. The standard InChI is InChI=1S/C17H32N2S/c1-20-17(9-4-2-5-10-17)15-18-11-7-13-19-12-6-3-8-16(19)14-18/h16H,2-15H2,1H3. The summed E-state index contributed by atoms with van der Waals surface area (Å²) in [4.78, 5) is 5.62. The Morgan fingerprint density at radius 2 is 1.75 bits per heavy atom. The minimum absolute atomic E-state index is 0.585. The molecule has 0 N–H and O–H groups in total. The molecule has 1 atom stereocenters. The van der Waals surface area contributed by atoms with Crippen molar-refractivity contribution in [2.45, 2.75) is 68.6 Å². The van der Waals surface area contributed by atoms with Crippen molar-refractivity contribution in [3.8, 4) is 0 Å². The first-order valence-corrected chi connectivity index (χ1v) is 10.1. The van der Waals surface area contributed by atoms with E-state index in [4.69, 9.17) is 0 Å². The molecule has 3 aliphatic rings. The number of thioether (sulfide) groups is 1. The largest absolute Gasteiger partial charge is 0.300 e. The Morgan fingerprint density at radius 3 is 2.55 bits per heavy atom. The highest BCUT2D eigenvalue weighted by molar-refractivity contribution is 8.00. The summed E-state index contributed by atoms with van der Waals surface area (Å²) < 4.78 is 0.585. The molecule has 2 nitrogen and oxygen atoms in total. The highest BCUT2D eigenvalue weighted by Gasteiger charge is 2.35. The Morgan fingerprint density at radius 1 is 0.950 bits per heavy atom. The molecule has 1 aliphatic carbocycles. The lowest BCUT2D eigenvalue weighted by atomic mass is 9.87. The van der Waals surface area contributed by atoms with Crippen LogP contribution in [-0.4, -0.2) is 59.6 Å². The summed E-state index contributed by atoms with van der Waals surface area (Å²) in [6.45, 7) is 6.77. The lowest BCUT2D eigenvalue weighted by molar-refractivity contribution is 0.130. The molecule has 0 spiro atoms. The average Bonchev–Trinajstić information content (AvgIpc) is 2.69. The molecule has 1 unspecified atom stereocenters. The van der Waals surface area contributed by atoms with Crippen molar-refractivity contribution in [3.05, 3.63) is 0 Å². The third kappa shape index (κ3) is 3.53. The normalized spacial score (nSPS) is 32.5. The van der Waals surface area contributed by atoms with Gasteiger partial charge in [-0.25, -0.2) is 0 Å². The van der Waals surface area contributed by atoms with Crippen LogP contribution in [0.2, 0.25) is 0 Å². The Hall–Kier alpha value is 0.270. The number of hydrogen-bond donors (Lipinski definition) is 0. The fourth-order valence-electron chi connectivity index (χ4n) is 4.62. The lowest BCUT2D eigenvalue weighted by Crippen LogP contribution is -2.47. The monoisotopic (exact) mass is 296 g/mol. The summed E-state index contributed by atoms with van der Waals surface area (Å²) in [7, 11) is 0. The Balaban J connectivity index is 1.61. The summed E-state index contributed by atoms with van der Waals surface area (Å²) in [6.07, 6.45) is 15.4. The van der Waals surface area contributed by atoms with Crippen LogP contribution in [0.25, 0.3) is 0 Å². The highest BCUT2D eigenvalue weighted by Crippen LogP contribution is 2.39. The van der Waals surface area contributed by atoms with E-state index in [0.717, 1.165) is 6.04 Å². The van der Waals surface area contributed by atoms with Crippen LogP contribution in [0.5, 0.6) is 0 Å². The van der Waals surface area contributed by atoms with Gasteiger partial charge < -0.3 is 4.90 Å². The molecule has 20 heavy (non-hydrogen) atoms. The number of nitrogens with zero attached hydrogens (tertiary/aromatic N) is 2. The molecule has 0 bridgehead atoms. The number of hydrogen-bond acceptors (Lipinski definition) is 3. The molecule has 0 aromatic rings. The minimum atomic E-state index is 0.585. The van der Waals surface area contributed by atoms with Gasteiger partial charge in [0, 0.05) is 23.9 Å². The second-order valence-electron chi connectivity index (χ2n) is 7.22. The number of piperidine rings is 1. The minimum Gasteiger partial charge on any atom is -0.300 e. The van der Waals surface area contributed by atoms with E-state index < -0.39 is 0 Å². The third-order valence-corrected chi connectivity index (χ3v) is 7.25. The number of fused-ring (bicyclic) bond motifs is 1. The van der Waals surface area contributed by atoms with Crippen molar-refractivity contribution in [1.82, 2.24) is 9.80 Å². The SMILES string of the molecule is CSC1(CN2CCCN3CCCCC3C2)CCCCC1. The van der Waals surface area contributed by atoms with Crippen LogP contribution < -0.4 is 0 Å². The second kappa shape index (κ2) is 7.02. The van der Waals surface area contributed by atoms with Crippen LogP contribution in [0.15, 0.2) is 0 Å². The zero-order chi connectivity index (χ0) is 13.8. The van der Waals surface area contributed by atoms with Gasteiger partial charge in [0.25, 0.3) is 0 Å². The molecule has 0 radical (unpaired) electrons. The van der Waals surface area contributed by atoms with E-state index in [2.05, 4.69) is 27.8 Å². The maximum absolute atomic E-state index is 2.83. The van der Waals surface area contributed by atoms with Crippen molar-refractivity contribution in [2.24, 2.45) is 0 Å². The van der Waals surface area contributed by atoms with Crippen LogP contribution in [-0.2, 0) is 0 Å². The molecule has 1 saturated carbocycles. The molecule has 2 heterocycles. The first-order chi connectivity index (χ1) is 9.81. The van der Waals surface area contributed by atoms with Gasteiger partial charge in [0.05, 0.1) is 0 Å². The smallest absolute Gasteiger partial charge is 0.0284 e. The summed E-state index contributed by atoms with van der Waals surface area (Å²) >= 11 is 2.17. The molecule has 0 amide bonds. The van der Waals surface area contributed by atoms with E-state index in [9.17, 15) is 0 Å². The molecule has 116 valence electrons. The van der Waals surface area contributed by atoms with E-state index in [0.29, 0.717) is 4.75 Å². The molecular weight excluding hydrogens is 264 g/mol. The van der Waals surface area contributed by atoms with Gasteiger partial charge in [-0.1, -0.05) is 25.7 Å². The highest BCUT2D eigenvalue weighted by atomic mass is 32.2. The van der Waals surface area contributed by atoms with Gasteiger partial charge in [0.2, 0.25) is 0 Å². The van der Waals surface area contributed by atoms with Crippen LogP contribution in [0.4, 0.5) is 0 Å². The topological polar surface area (TPSA) is 6.48 Å². The van der Waals surface area contributed by atoms with Gasteiger partial charge in [0.15, 0.2) is 0 Å². The van der Waals surface area contributed by atoms with Crippen molar-refractivity contribution >= 4 is 11.8 Å². The van der Waals surface area contributed by atoms with Gasteiger partial charge in [-0.3, -0.25) is 4.90 Å². The van der Waals surface area contributed by atoms with E-state index in [-0.39, 0.29) is 0 Å². The molecule has 0 aromatic heterocycles. The molecule has 3 fully saturated rings. The predicted octanol–water partition coefficient (Wildman–Crippen LogP) is 3.61. The van der Waals surface area contributed by atoms with Crippen molar-refractivity contribution in [2.75, 3.05) is 39.0 Å². The van der Waals surface area contributed by atoms with Gasteiger partial charge >= 0.3 is 0 Å². The van der Waals surface area contributed by atoms with E-state index >= 15 is 0 Å². The average molecular weight is 297 g/mol. The van der Waals surface area contributed by atoms with E-state index in [1.807, 2.05) is 0 Å². The van der Waals surface area contributed by atoms with Crippen molar-refractivity contribution < 1.29 is 0 Å². The Bertz CT molecular complexity index is 301. The van der Waals surface area contributed by atoms with Crippen molar-refractivity contribution in [1.29, 1.82) is 0 Å². The van der Waals surface area contributed by atoms with Crippen molar-refractivity contribution in [3.63, 3.8) is 0 Å².